The van der Waals surface area contributed by atoms with Gasteiger partial charge < -0.3 is 0 Å². The van der Waals surface area contributed by atoms with Crippen LogP contribution in [0.1, 0.15) is 165 Å². The average molecular weight is 759 g/mol. The van der Waals surface area contributed by atoms with E-state index in [1.165, 1.54) is 19.3 Å². The summed E-state index contributed by atoms with van der Waals surface area (Å²) in [5.41, 5.74) is 0.739. The zero-order valence-corrected chi connectivity index (χ0v) is 40.9. The predicted molar refractivity (Wildman–Crippen MR) is 239 cm³/mol. The Labute approximate surface area is 345 Å². The van der Waals surface area contributed by atoms with Crippen LogP contribution in [0, 0.1) is 182 Å². The van der Waals surface area contributed by atoms with E-state index in [1.807, 2.05) is 0 Å². The summed E-state index contributed by atoms with van der Waals surface area (Å²) in [4.78, 5) is 0. The van der Waals surface area contributed by atoms with Crippen molar-refractivity contribution in [3.05, 3.63) is 0 Å². The highest BCUT2D eigenvalue weighted by molar-refractivity contribution is 5.12. The normalized spacial score (nSPS) is 62.9. The van der Waals surface area contributed by atoms with E-state index in [0.717, 1.165) is 172 Å². The summed E-state index contributed by atoms with van der Waals surface area (Å²) in [6, 6.07) is 0. The van der Waals surface area contributed by atoms with Gasteiger partial charge in [0.2, 0.25) is 0 Å². The second-order valence-electron chi connectivity index (χ2n) is 26.2. The molecule has 318 valence electrons. The molecule has 7 fully saturated rings. The van der Waals surface area contributed by atoms with Crippen LogP contribution in [0.5, 0.6) is 0 Å². The molecule has 0 radical (unpaired) electrons. The highest BCUT2D eigenvalue weighted by Crippen LogP contribution is 2.70. The molecule has 10 bridgehead atoms. The minimum atomic E-state index is 0.369. The molecule has 55 heavy (non-hydrogen) atoms. The summed E-state index contributed by atoms with van der Waals surface area (Å²) in [7, 11) is 0. The lowest BCUT2D eigenvalue weighted by atomic mass is 9.40. The predicted octanol–water partition coefficient (Wildman–Crippen LogP) is 15.5. The van der Waals surface area contributed by atoms with Gasteiger partial charge in [-0.1, -0.05) is 145 Å². The molecule has 23 unspecified atom stereocenters. The van der Waals surface area contributed by atoms with Crippen LogP contribution >= 0.6 is 0 Å². The van der Waals surface area contributed by atoms with Crippen LogP contribution in [0.25, 0.3) is 0 Å². The smallest absolute Gasteiger partial charge is 0.0290 e. The van der Waals surface area contributed by atoms with Gasteiger partial charge in [-0.05, 0) is 202 Å². The third-order valence-corrected chi connectivity index (χ3v) is 24.9. The summed E-state index contributed by atoms with van der Waals surface area (Å²) < 4.78 is 0. The summed E-state index contributed by atoms with van der Waals surface area (Å²) in [5, 5.41) is 0. The number of rotatable bonds is 0. The maximum Gasteiger partial charge on any atom is -0.0290 e. The first-order valence-corrected chi connectivity index (χ1v) is 25.4. The first kappa shape index (κ1) is 43.1. The van der Waals surface area contributed by atoms with Crippen LogP contribution in [0.4, 0.5) is 0 Å². The number of hydrogen-bond donors (Lipinski definition) is 0. The van der Waals surface area contributed by atoms with Gasteiger partial charge in [0.15, 0.2) is 0 Å². The van der Waals surface area contributed by atoms with Crippen LogP contribution in [0.3, 0.4) is 0 Å². The van der Waals surface area contributed by atoms with E-state index in [-0.39, 0.29) is 0 Å². The van der Waals surface area contributed by atoms with Crippen LogP contribution in [-0.2, 0) is 0 Å². The van der Waals surface area contributed by atoms with E-state index < -0.39 is 0 Å². The standard InChI is InChI=1S/C55H98/c1-25-26(2)42-22-43(27(25)3)39(15)49-35(11)37(13)53(41(49)17)55(20,21)47-24-45-44-23-46(54(18,19)52-36(12)34(10)48(38(42)14)40(52)16)28(4)30(6)50(44)32(8)33(9)51(45)31(7)29(47)5/h25-53H,22-24H2,1-21H3/t25?,26?,27?,28?,29?,30?,31?,32?,33?,34?,35?,36?,37?,38?,39?,40?,41?,42-,43?,44?,45?,46?,47?,48?,49+,50-,51+,52+,53+/m1/s1. The number of fused-ring (bicyclic) bond motifs is 8. The molecule has 0 spiro atoms. The molecule has 0 amide bonds. The van der Waals surface area contributed by atoms with Gasteiger partial charge in [-0.15, -0.1) is 0 Å². The second kappa shape index (κ2) is 14.6. The van der Waals surface area contributed by atoms with Crippen LogP contribution in [0.2, 0.25) is 0 Å². The maximum absolute atomic E-state index is 2.83. The Bertz CT molecular complexity index is 1250. The SMILES string of the molecule is CC1C(C)C(C)[C@H]2CC1C(C)[C@@H]1C(C)C(C)[C@@H](C1C)C(C)(C)C1CC3C4CC(C(C)C(C)[C@@H]4C(C)C(C)[C@@H]3C(C)C1C)C(C)(C)[C@H]1C(C)C(C)C(C2C)C1C. The molecule has 0 saturated heterocycles. The molecule has 0 heterocycles. The fourth-order valence-electron chi connectivity index (χ4n) is 21.7. The van der Waals surface area contributed by atoms with Crippen molar-refractivity contribution in [2.24, 2.45) is 182 Å². The molecule has 7 aliphatic carbocycles. The topological polar surface area (TPSA) is 0 Å². The lowest BCUT2D eigenvalue weighted by Gasteiger charge is -2.65. The van der Waals surface area contributed by atoms with Gasteiger partial charge in [-0.25, -0.2) is 0 Å². The largest absolute Gasteiger partial charge is 0.0620 e. The highest BCUT2D eigenvalue weighted by Gasteiger charge is 2.64. The first-order chi connectivity index (χ1) is 25.4. The molecule has 0 aliphatic heterocycles. The number of hydrogen-bond acceptors (Lipinski definition) is 0. The van der Waals surface area contributed by atoms with E-state index in [2.05, 4.69) is 145 Å². The third-order valence-electron chi connectivity index (χ3n) is 24.9. The first-order valence-electron chi connectivity index (χ1n) is 25.4. The quantitative estimate of drug-likeness (QED) is 0.231. The van der Waals surface area contributed by atoms with E-state index in [0.29, 0.717) is 10.8 Å². The minimum absolute atomic E-state index is 0.369. The minimum Gasteiger partial charge on any atom is -0.0620 e. The van der Waals surface area contributed by atoms with Crippen molar-refractivity contribution in [1.82, 2.24) is 0 Å². The Hall–Kier alpha value is 0. The van der Waals surface area contributed by atoms with Crippen LogP contribution < -0.4 is 0 Å². The zero-order chi connectivity index (χ0) is 40.9. The van der Waals surface area contributed by atoms with Gasteiger partial charge in [-0.3, -0.25) is 0 Å². The molecular formula is C55H98. The van der Waals surface area contributed by atoms with Crippen molar-refractivity contribution in [2.75, 3.05) is 0 Å². The van der Waals surface area contributed by atoms with Gasteiger partial charge >= 0.3 is 0 Å². The van der Waals surface area contributed by atoms with Crippen LogP contribution in [-0.4, -0.2) is 0 Å². The molecule has 0 heteroatoms. The van der Waals surface area contributed by atoms with E-state index in [1.54, 1.807) is 0 Å². The van der Waals surface area contributed by atoms with Crippen molar-refractivity contribution in [3.8, 4) is 0 Å². The molecule has 7 rings (SSSR count). The van der Waals surface area contributed by atoms with Gasteiger partial charge in [0.25, 0.3) is 0 Å². The molecule has 0 nitrogen and oxygen atoms in total. The summed E-state index contributed by atoms with van der Waals surface area (Å²) in [6.45, 7) is 58.0. The monoisotopic (exact) mass is 759 g/mol. The Morgan fingerprint density at radius 3 is 0.855 bits per heavy atom. The van der Waals surface area contributed by atoms with Crippen molar-refractivity contribution >= 4 is 0 Å². The molecule has 29 atom stereocenters. The second-order valence-corrected chi connectivity index (χ2v) is 26.2. The molecule has 7 saturated carbocycles. The van der Waals surface area contributed by atoms with Gasteiger partial charge in [0, 0.05) is 0 Å². The van der Waals surface area contributed by atoms with E-state index in [9.17, 15) is 0 Å². The van der Waals surface area contributed by atoms with Crippen molar-refractivity contribution in [2.45, 2.75) is 165 Å². The Morgan fingerprint density at radius 2 is 0.527 bits per heavy atom. The van der Waals surface area contributed by atoms with Gasteiger partial charge in [0.05, 0.1) is 0 Å². The highest BCUT2D eigenvalue weighted by atomic mass is 14.7. The summed E-state index contributed by atoms with van der Waals surface area (Å²) in [5.74, 6) is 24.4. The molecule has 0 aromatic heterocycles. The van der Waals surface area contributed by atoms with Crippen molar-refractivity contribution < 1.29 is 0 Å². The third kappa shape index (κ3) is 6.00. The molecule has 0 N–H and O–H groups in total. The molecule has 7 aliphatic rings. The van der Waals surface area contributed by atoms with Crippen molar-refractivity contribution in [1.29, 1.82) is 0 Å². The van der Waals surface area contributed by atoms with Crippen LogP contribution in [0.15, 0.2) is 0 Å². The molecular weight excluding hydrogens is 661 g/mol. The fourth-order valence-corrected chi connectivity index (χ4v) is 21.7. The molecule has 0 aromatic carbocycles. The van der Waals surface area contributed by atoms with Gasteiger partial charge in [-0.2, -0.15) is 0 Å². The molecule has 0 aromatic rings. The summed E-state index contributed by atoms with van der Waals surface area (Å²) in [6.07, 6.45) is 4.52. The lowest BCUT2D eigenvalue weighted by molar-refractivity contribution is -0.170. The lowest BCUT2D eigenvalue weighted by Crippen LogP contribution is -2.59. The Morgan fingerprint density at radius 1 is 0.236 bits per heavy atom. The maximum atomic E-state index is 2.83. The van der Waals surface area contributed by atoms with E-state index >= 15 is 0 Å². The Kier molecular flexibility index (Phi) is 11.4. The average Bonchev–Trinajstić information content (AvgIpc) is 3.48. The fraction of sp³-hybridized carbons (Fsp3) is 1.00. The zero-order valence-electron chi connectivity index (χ0n) is 40.9. The summed E-state index contributed by atoms with van der Waals surface area (Å²) >= 11 is 0. The van der Waals surface area contributed by atoms with Gasteiger partial charge in [0.1, 0.15) is 0 Å². The van der Waals surface area contributed by atoms with E-state index in [4.69, 9.17) is 0 Å². The Balaban J connectivity index is 1.39. The van der Waals surface area contributed by atoms with Crippen molar-refractivity contribution in [3.63, 3.8) is 0 Å².